The normalized spacial score (nSPS) is 16.8. The van der Waals surface area contributed by atoms with Gasteiger partial charge in [-0.3, -0.25) is 67.3 Å². The van der Waals surface area contributed by atoms with Gasteiger partial charge in [0.2, 0.25) is 76.8 Å². The maximum atomic E-state index is 14.7. The van der Waals surface area contributed by atoms with Crippen molar-refractivity contribution in [1.29, 1.82) is 0 Å². The number of thioether (sulfide) groups is 1. The van der Waals surface area contributed by atoms with Gasteiger partial charge in [0.1, 0.15) is 54.4 Å². The predicted octanol–water partition coefficient (Wildman–Crippen LogP) is -3.71. The van der Waals surface area contributed by atoms with Crippen molar-refractivity contribution in [2.75, 3.05) is 44.7 Å². The Morgan fingerprint density at radius 3 is 1.51 bits per heavy atom. The molecule has 4 rings (SSSR count). The van der Waals surface area contributed by atoms with Gasteiger partial charge in [-0.25, -0.2) is 0 Å². The first-order chi connectivity index (χ1) is 45.2. The molecule has 32 heteroatoms. The second-order valence-corrected chi connectivity index (χ2v) is 25.1. The zero-order valence-electron chi connectivity index (χ0n) is 54.5. The van der Waals surface area contributed by atoms with Crippen LogP contribution in [0.15, 0.2) is 65.7 Å². The standard InChI is InChI=1S/C63H98N18O13S/c1-37(2)33-45(57(89)74-41(53(68)85)27-32-95-3)73-52(84)36-72-54(86)46(34-38-15-6-4-7-16-38)78-58(90)47(35-39-17-8-5-9-18-39)79-56(88)42(23-25-50(66)82)75-55(87)43(24-26-51(67)83)76-59(91)49-22-14-31-81(49)62(94)44(20-10-11-28-64)77-60(92)48-21-13-30-80(48)61(93)40(65)19-12-29-71-63(69)70/h4-9,15-18,37,40-49H,10-14,19-36,64-65H2,1-3H3,(H2,66,82)(H2,67,83)(H2,68,85)(H,72,86)(H,73,84)(H,74,89)(H,75,87)(H,76,91)(H,77,92)(H,78,90)(H,79,88)(H4,69,70,71)/t40-,41+,42-,43-,44-,45+,46-,47-,48+,49+/m1/s1. The number of primary amides is 3. The van der Waals surface area contributed by atoms with Crippen LogP contribution < -0.4 is 82.7 Å². The van der Waals surface area contributed by atoms with E-state index in [1.807, 2.05) is 20.1 Å². The van der Waals surface area contributed by atoms with E-state index in [0.29, 0.717) is 55.4 Å². The average Bonchev–Trinajstić information content (AvgIpc) is 1.74. The van der Waals surface area contributed by atoms with Crippen molar-refractivity contribution in [2.45, 2.75) is 183 Å². The highest BCUT2D eigenvalue weighted by atomic mass is 32.2. The van der Waals surface area contributed by atoms with Crippen molar-refractivity contribution >= 4 is 94.5 Å². The lowest BCUT2D eigenvalue weighted by Crippen LogP contribution is -2.60. The molecule has 2 heterocycles. The molecule has 22 N–H and O–H groups in total. The second-order valence-electron chi connectivity index (χ2n) is 24.1. The topological polar surface area (TPSA) is 519 Å². The van der Waals surface area contributed by atoms with Gasteiger partial charge in [-0.2, -0.15) is 11.8 Å². The zero-order valence-corrected chi connectivity index (χ0v) is 55.3. The van der Waals surface area contributed by atoms with Crippen molar-refractivity contribution < 1.29 is 62.3 Å². The van der Waals surface area contributed by atoms with Gasteiger partial charge < -0.3 is 92.5 Å². The maximum absolute atomic E-state index is 14.7. The first kappa shape index (κ1) is 78.5. The van der Waals surface area contributed by atoms with E-state index in [4.69, 9.17) is 40.1 Å². The van der Waals surface area contributed by atoms with Crippen molar-refractivity contribution in [3.63, 3.8) is 0 Å². The molecule has 2 aliphatic rings. The summed E-state index contributed by atoms with van der Waals surface area (Å²) in [6, 6.07) is 4.51. The Morgan fingerprint density at radius 1 is 0.537 bits per heavy atom. The Kier molecular flexibility index (Phi) is 33.9. The molecule has 0 aliphatic carbocycles. The number of benzene rings is 2. The predicted molar refractivity (Wildman–Crippen MR) is 356 cm³/mol. The molecule has 13 amide bonds. The van der Waals surface area contributed by atoms with Crippen LogP contribution in [0.25, 0.3) is 0 Å². The minimum absolute atomic E-state index is 0.0736. The number of carbonyl (C=O) groups is 13. The largest absolute Gasteiger partial charge is 0.370 e. The number of hydrogen-bond acceptors (Lipinski definition) is 17. The summed E-state index contributed by atoms with van der Waals surface area (Å²) in [6.07, 6.45) is 3.12. The molecular formula is C63H98N18O13S. The van der Waals surface area contributed by atoms with Gasteiger partial charge in [-0.15, -0.1) is 0 Å². The number of carbonyl (C=O) groups excluding carboxylic acids is 13. The molecule has 95 heavy (non-hydrogen) atoms. The number of nitrogens with zero attached hydrogens (tertiary/aromatic N) is 3. The molecular weight excluding hydrogens is 1250 g/mol. The minimum atomic E-state index is -1.64. The van der Waals surface area contributed by atoms with Gasteiger partial charge in [0.25, 0.3) is 0 Å². The van der Waals surface area contributed by atoms with Crippen LogP contribution in [0.1, 0.15) is 121 Å². The molecule has 10 atom stereocenters. The van der Waals surface area contributed by atoms with Crippen molar-refractivity contribution in [1.82, 2.24) is 52.3 Å². The highest BCUT2D eigenvalue weighted by Gasteiger charge is 2.42. The summed E-state index contributed by atoms with van der Waals surface area (Å²) in [7, 11) is 0. The monoisotopic (exact) mass is 1350 g/mol. The summed E-state index contributed by atoms with van der Waals surface area (Å²) >= 11 is 1.45. The van der Waals surface area contributed by atoms with Crippen LogP contribution in [-0.4, -0.2) is 198 Å². The summed E-state index contributed by atoms with van der Waals surface area (Å²) < 4.78 is 0. The van der Waals surface area contributed by atoms with E-state index in [1.54, 1.807) is 60.7 Å². The van der Waals surface area contributed by atoms with Crippen molar-refractivity contribution in [3.05, 3.63) is 71.8 Å². The van der Waals surface area contributed by atoms with Gasteiger partial charge >= 0.3 is 0 Å². The Balaban J connectivity index is 1.56. The van der Waals surface area contributed by atoms with E-state index in [9.17, 15) is 62.3 Å². The first-order valence-electron chi connectivity index (χ1n) is 32.2. The van der Waals surface area contributed by atoms with Gasteiger partial charge in [0, 0.05) is 45.3 Å². The Labute approximate surface area is 558 Å². The lowest BCUT2D eigenvalue weighted by Gasteiger charge is -2.32. The van der Waals surface area contributed by atoms with E-state index in [0.717, 1.165) is 0 Å². The highest BCUT2D eigenvalue weighted by Crippen LogP contribution is 2.24. The summed E-state index contributed by atoms with van der Waals surface area (Å²) in [5.41, 5.74) is 40.6. The summed E-state index contributed by atoms with van der Waals surface area (Å²) in [4.78, 5) is 185. The molecule has 0 radical (unpaired) electrons. The van der Waals surface area contributed by atoms with E-state index < -0.39 is 169 Å². The SMILES string of the molecule is CSCC[C@H](NC(=O)[C@H](CC(C)C)NC(=O)CNC(=O)[C@@H](Cc1ccccc1)NC(=O)[C@@H](Cc1ccccc1)NC(=O)[C@@H](CCC(N)=O)NC(=O)[C@@H](CCC(N)=O)NC(=O)[C@@H]1CCCN1C(=O)[C@@H](CCCCN)NC(=O)[C@@H]1CCCN1C(=O)[C@H](N)CCCN=C(N)N)C(N)=O. The van der Waals surface area contributed by atoms with Crippen LogP contribution in [-0.2, 0) is 75.2 Å². The first-order valence-corrected chi connectivity index (χ1v) is 33.6. The van der Waals surface area contributed by atoms with Crippen molar-refractivity contribution in [3.8, 4) is 0 Å². The number of likely N-dealkylation sites (tertiary alicyclic amines) is 2. The fraction of sp³-hybridized carbons (Fsp3) is 0.587. The third kappa shape index (κ3) is 27.5. The molecule has 524 valence electrons. The summed E-state index contributed by atoms with van der Waals surface area (Å²) in [5, 5.41) is 21.1. The highest BCUT2D eigenvalue weighted by molar-refractivity contribution is 7.98. The summed E-state index contributed by atoms with van der Waals surface area (Å²) in [5.74, 6) is -9.80. The fourth-order valence-electron chi connectivity index (χ4n) is 11.0. The molecule has 2 aliphatic heterocycles. The lowest BCUT2D eigenvalue weighted by atomic mass is 10.0. The third-order valence-corrected chi connectivity index (χ3v) is 16.7. The van der Waals surface area contributed by atoms with Crippen molar-refractivity contribution in [2.24, 2.45) is 51.0 Å². The molecule has 0 aromatic heterocycles. The van der Waals surface area contributed by atoms with E-state index in [1.165, 1.54) is 21.6 Å². The van der Waals surface area contributed by atoms with E-state index in [-0.39, 0.29) is 83.0 Å². The van der Waals surface area contributed by atoms with Crippen LogP contribution in [0.2, 0.25) is 0 Å². The number of aliphatic imine (C=N–C) groups is 1. The number of nitrogens with two attached hydrogens (primary N) is 7. The van der Waals surface area contributed by atoms with E-state index in [2.05, 4.69) is 47.5 Å². The second kappa shape index (κ2) is 41.0. The van der Waals surface area contributed by atoms with Crippen LogP contribution in [0.5, 0.6) is 0 Å². The van der Waals surface area contributed by atoms with Gasteiger partial charge in [-0.05, 0) is 119 Å². The third-order valence-electron chi connectivity index (χ3n) is 16.0. The average molecular weight is 1350 g/mol. The number of unbranched alkanes of at least 4 members (excludes halogenated alkanes) is 1. The minimum Gasteiger partial charge on any atom is -0.370 e. The van der Waals surface area contributed by atoms with E-state index >= 15 is 0 Å². The van der Waals surface area contributed by atoms with Gasteiger partial charge in [0.15, 0.2) is 5.96 Å². The molecule has 0 spiro atoms. The number of nitrogens with one attached hydrogen (secondary N) is 8. The Morgan fingerprint density at radius 2 is 1.01 bits per heavy atom. The molecule has 0 unspecified atom stereocenters. The van der Waals surface area contributed by atoms with Crippen LogP contribution in [0, 0.1) is 5.92 Å². The van der Waals surface area contributed by atoms with Crippen LogP contribution >= 0.6 is 11.8 Å². The lowest BCUT2D eigenvalue weighted by molar-refractivity contribution is -0.144. The maximum Gasteiger partial charge on any atom is 0.245 e. The molecule has 2 saturated heterocycles. The van der Waals surface area contributed by atoms with Gasteiger partial charge in [0.05, 0.1) is 12.6 Å². The number of rotatable bonds is 42. The van der Waals surface area contributed by atoms with Gasteiger partial charge in [-0.1, -0.05) is 74.5 Å². The molecule has 2 fully saturated rings. The molecule has 0 bridgehead atoms. The molecule has 2 aromatic rings. The fourth-order valence-corrected chi connectivity index (χ4v) is 11.5. The summed E-state index contributed by atoms with van der Waals surface area (Å²) in [6.45, 7) is 3.86. The molecule has 2 aromatic carbocycles. The van der Waals surface area contributed by atoms with Crippen LogP contribution in [0.3, 0.4) is 0 Å². The smallest absolute Gasteiger partial charge is 0.245 e. The number of hydrogen-bond donors (Lipinski definition) is 15. The Hall–Kier alpha value is -8.91. The van der Waals surface area contributed by atoms with Crippen LogP contribution in [0.4, 0.5) is 0 Å². The Bertz CT molecular complexity index is 2960. The number of amides is 13. The molecule has 0 saturated carbocycles. The quantitative estimate of drug-likeness (QED) is 0.0173. The zero-order chi connectivity index (χ0) is 70.1. The molecule has 31 nitrogen and oxygen atoms in total. The number of guanidine groups is 1.